The zero-order valence-electron chi connectivity index (χ0n) is 13.3. The molecule has 0 saturated heterocycles. The molecule has 0 aromatic heterocycles. The molecule has 0 radical (unpaired) electrons. The van der Waals surface area contributed by atoms with Gasteiger partial charge in [-0.1, -0.05) is 60.7 Å². The number of carbonyl (C=O) groups is 1. The van der Waals surface area contributed by atoms with Gasteiger partial charge in [-0.3, -0.25) is 0 Å². The Hall–Kier alpha value is -3.32. The Morgan fingerprint density at radius 2 is 1.54 bits per heavy atom. The van der Waals surface area contributed by atoms with Crippen LogP contribution in [0.4, 0.5) is 0 Å². The molecule has 120 valence electrons. The minimum atomic E-state index is -0.556. The maximum absolute atomic E-state index is 11.7. The lowest BCUT2D eigenvalue weighted by Crippen LogP contribution is -2.01. The lowest BCUT2D eigenvalue weighted by molar-refractivity contribution is -0.137. The summed E-state index contributed by atoms with van der Waals surface area (Å²) in [6.07, 6.45) is 4.43. The van der Waals surface area contributed by atoms with Crippen molar-refractivity contribution in [2.45, 2.75) is 6.92 Å². The first-order valence-electron chi connectivity index (χ1n) is 7.51. The first-order valence-corrected chi connectivity index (χ1v) is 7.51. The molecule has 2 rings (SSSR count). The summed E-state index contributed by atoms with van der Waals surface area (Å²) in [5, 5.41) is 8.84. The van der Waals surface area contributed by atoms with Gasteiger partial charge in [-0.15, -0.1) is 5.26 Å². The SMILES string of the molecule is CCOC(=O)/C=C(/C=C(c1ccccc1)c1ccccc1)OC#N. The number of hydrogen-bond donors (Lipinski definition) is 0. The van der Waals surface area contributed by atoms with Crippen LogP contribution in [0.15, 0.2) is 78.6 Å². The number of allylic oxidation sites excluding steroid dienone is 1. The van der Waals surface area contributed by atoms with Crippen molar-refractivity contribution in [2.75, 3.05) is 6.61 Å². The molecule has 0 aliphatic rings. The van der Waals surface area contributed by atoms with Crippen LogP contribution in [-0.4, -0.2) is 12.6 Å². The Bertz CT molecular complexity index is 730. The first kappa shape index (κ1) is 17.0. The molecule has 0 fully saturated rings. The van der Waals surface area contributed by atoms with Gasteiger partial charge < -0.3 is 9.47 Å². The van der Waals surface area contributed by atoms with Crippen LogP contribution in [0, 0.1) is 11.5 Å². The number of esters is 1. The third kappa shape index (κ3) is 4.85. The third-order valence-corrected chi connectivity index (χ3v) is 3.17. The van der Waals surface area contributed by atoms with E-state index in [4.69, 9.17) is 14.7 Å². The largest absolute Gasteiger partial charge is 0.463 e. The summed E-state index contributed by atoms with van der Waals surface area (Å²) in [4.78, 5) is 11.7. The van der Waals surface area contributed by atoms with Crippen molar-refractivity contribution in [3.05, 3.63) is 89.7 Å². The Morgan fingerprint density at radius 3 is 2.00 bits per heavy atom. The quantitative estimate of drug-likeness (QED) is 0.265. The topological polar surface area (TPSA) is 59.3 Å². The molecule has 2 aromatic rings. The molecular formula is C20H17NO3. The fraction of sp³-hybridized carbons (Fsp3) is 0.100. The predicted octanol–water partition coefficient (Wildman–Crippen LogP) is 4.06. The molecule has 0 heterocycles. The van der Waals surface area contributed by atoms with Crippen LogP contribution >= 0.6 is 0 Å². The van der Waals surface area contributed by atoms with E-state index in [2.05, 4.69) is 0 Å². The molecule has 0 saturated carbocycles. The molecule has 0 bridgehead atoms. The highest BCUT2D eigenvalue weighted by atomic mass is 16.5. The van der Waals surface area contributed by atoms with Crippen molar-refractivity contribution < 1.29 is 14.3 Å². The van der Waals surface area contributed by atoms with Gasteiger partial charge in [0.25, 0.3) is 6.26 Å². The highest BCUT2D eigenvalue weighted by molar-refractivity contribution is 5.86. The maximum atomic E-state index is 11.7. The van der Waals surface area contributed by atoms with E-state index < -0.39 is 5.97 Å². The van der Waals surface area contributed by atoms with E-state index in [1.165, 1.54) is 6.08 Å². The summed E-state index contributed by atoms with van der Waals surface area (Å²) in [5.41, 5.74) is 2.72. The molecular weight excluding hydrogens is 302 g/mol. The molecule has 4 heteroatoms. The molecule has 0 amide bonds. The summed E-state index contributed by atoms with van der Waals surface area (Å²) in [5.74, 6) is -0.432. The molecule has 0 N–H and O–H groups in total. The van der Waals surface area contributed by atoms with Gasteiger partial charge in [0.05, 0.1) is 12.7 Å². The van der Waals surface area contributed by atoms with Gasteiger partial charge in [-0.25, -0.2) is 4.79 Å². The average molecular weight is 319 g/mol. The molecule has 0 aliphatic carbocycles. The maximum Gasteiger partial charge on any atom is 0.334 e. The van der Waals surface area contributed by atoms with E-state index in [0.717, 1.165) is 16.7 Å². The molecule has 4 nitrogen and oxygen atoms in total. The van der Waals surface area contributed by atoms with Crippen molar-refractivity contribution in [1.29, 1.82) is 5.26 Å². The number of nitriles is 1. The highest BCUT2D eigenvalue weighted by Crippen LogP contribution is 2.25. The molecule has 0 aliphatic heterocycles. The van der Waals surface area contributed by atoms with Crippen molar-refractivity contribution >= 4 is 11.5 Å². The summed E-state index contributed by atoms with van der Waals surface area (Å²) >= 11 is 0. The standard InChI is InChI=1S/C20H17NO3/c1-2-23-20(22)14-18(24-15-21)13-19(16-9-5-3-6-10-16)17-11-7-4-8-12-17/h3-14H,2H2,1H3/b18-14-. The van der Waals surface area contributed by atoms with Crippen molar-refractivity contribution in [1.82, 2.24) is 0 Å². The van der Waals surface area contributed by atoms with Gasteiger partial charge in [0.1, 0.15) is 5.76 Å². The van der Waals surface area contributed by atoms with Crippen LogP contribution in [0.1, 0.15) is 18.1 Å². The molecule has 0 spiro atoms. The summed E-state index contributed by atoms with van der Waals surface area (Å²) in [6, 6.07) is 19.3. The van der Waals surface area contributed by atoms with E-state index in [9.17, 15) is 4.79 Å². The zero-order chi connectivity index (χ0) is 17.2. The van der Waals surface area contributed by atoms with Crippen molar-refractivity contribution in [3.8, 4) is 6.26 Å². The van der Waals surface area contributed by atoms with E-state index >= 15 is 0 Å². The Balaban J connectivity index is 2.50. The second kappa shape index (κ2) is 8.96. The molecule has 2 aromatic carbocycles. The highest BCUT2D eigenvalue weighted by Gasteiger charge is 2.08. The predicted molar refractivity (Wildman–Crippen MR) is 91.4 cm³/mol. The number of benzene rings is 2. The summed E-state index contributed by atoms with van der Waals surface area (Å²) in [7, 11) is 0. The van der Waals surface area contributed by atoms with Crippen LogP contribution in [-0.2, 0) is 14.3 Å². The van der Waals surface area contributed by atoms with Crippen molar-refractivity contribution in [2.24, 2.45) is 0 Å². The van der Waals surface area contributed by atoms with Gasteiger partial charge in [0, 0.05) is 0 Å². The van der Waals surface area contributed by atoms with Gasteiger partial charge in [-0.05, 0) is 29.7 Å². The average Bonchev–Trinajstić information content (AvgIpc) is 2.61. The van der Waals surface area contributed by atoms with E-state index in [1.807, 2.05) is 60.7 Å². The van der Waals surface area contributed by atoms with Crippen LogP contribution in [0.3, 0.4) is 0 Å². The smallest absolute Gasteiger partial charge is 0.334 e. The second-order valence-electron chi connectivity index (χ2n) is 4.78. The second-order valence-corrected chi connectivity index (χ2v) is 4.78. The van der Waals surface area contributed by atoms with Gasteiger partial charge in [0.15, 0.2) is 0 Å². The lowest BCUT2D eigenvalue weighted by Gasteiger charge is -2.09. The van der Waals surface area contributed by atoms with E-state index in [0.29, 0.717) is 0 Å². The monoisotopic (exact) mass is 319 g/mol. The molecule has 0 atom stereocenters. The van der Waals surface area contributed by atoms with Crippen LogP contribution in [0.25, 0.3) is 5.57 Å². The van der Waals surface area contributed by atoms with Gasteiger partial charge >= 0.3 is 5.97 Å². The number of nitrogens with zero attached hydrogens (tertiary/aromatic N) is 1. The zero-order valence-corrected chi connectivity index (χ0v) is 13.3. The number of ether oxygens (including phenoxy) is 2. The lowest BCUT2D eigenvalue weighted by atomic mass is 9.97. The fourth-order valence-corrected chi connectivity index (χ4v) is 2.16. The number of hydrogen-bond acceptors (Lipinski definition) is 4. The van der Waals surface area contributed by atoms with Crippen LogP contribution in [0.2, 0.25) is 0 Å². The molecule has 0 unspecified atom stereocenters. The third-order valence-electron chi connectivity index (χ3n) is 3.17. The normalized spacial score (nSPS) is 10.4. The summed E-state index contributed by atoms with van der Waals surface area (Å²) in [6.45, 7) is 1.97. The molecule has 24 heavy (non-hydrogen) atoms. The van der Waals surface area contributed by atoms with Gasteiger partial charge in [-0.2, -0.15) is 0 Å². The Morgan fingerprint density at radius 1 is 1.00 bits per heavy atom. The number of carbonyl (C=O) groups excluding carboxylic acids is 1. The minimum Gasteiger partial charge on any atom is -0.463 e. The number of rotatable bonds is 6. The first-order chi connectivity index (χ1) is 11.7. The Labute approximate surface area is 141 Å². The minimum absolute atomic E-state index is 0.124. The fourth-order valence-electron chi connectivity index (χ4n) is 2.16. The van der Waals surface area contributed by atoms with Crippen LogP contribution in [0.5, 0.6) is 0 Å². The van der Waals surface area contributed by atoms with Gasteiger partial charge in [0.2, 0.25) is 0 Å². The van der Waals surface area contributed by atoms with Crippen LogP contribution < -0.4 is 0 Å². The van der Waals surface area contributed by atoms with E-state index in [-0.39, 0.29) is 12.4 Å². The Kier molecular flexibility index (Phi) is 6.36. The van der Waals surface area contributed by atoms with Crippen molar-refractivity contribution in [3.63, 3.8) is 0 Å². The van der Waals surface area contributed by atoms with E-state index in [1.54, 1.807) is 19.3 Å². The summed E-state index contributed by atoms with van der Waals surface area (Å²) < 4.78 is 9.80.